The van der Waals surface area contributed by atoms with Crippen molar-refractivity contribution in [3.8, 4) is 23.0 Å². The van der Waals surface area contributed by atoms with E-state index >= 15 is 0 Å². The molecule has 0 saturated heterocycles. The lowest BCUT2D eigenvalue weighted by Gasteiger charge is -2.08. The Morgan fingerprint density at radius 2 is 0.720 bits per heavy atom. The van der Waals surface area contributed by atoms with E-state index in [2.05, 4.69) is 0 Å². The summed E-state index contributed by atoms with van der Waals surface area (Å²) >= 11 is 0. The molecule has 4 nitrogen and oxygen atoms in total. The third-order valence-electron chi connectivity index (χ3n) is 2.16. The van der Waals surface area contributed by atoms with E-state index in [4.69, 9.17) is 20.4 Å². The van der Waals surface area contributed by atoms with Crippen LogP contribution in [0.2, 0.25) is 0 Å². The number of hydrogen-bond acceptors (Lipinski definition) is 4. The Balaban J connectivity index is 0.000000346. The van der Waals surface area contributed by atoms with Gasteiger partial charge in [-0.1, -0.05) is 24.3 Å². The van der Waals surface area contributed by atoms with Crippen molar-refractivity contribution in [1.29, 1.82) is 0 Å². The first-order valence-corrected chi connectivity index (χ1v) is 6.39. The van der Waals surface area contributed by atoms with Crippen molar-refractivity contribution in [2.75, 3.05) is 0 Å². The molecule has 0 unspecified atom stereocenters. The van der Waals surface area contributed by atoms with Crippen LogP contribution in [0.1, 0.15) is 6.42 Å². The number of hydrogen-bond donors (Lipinski definition) is 4. The maximum Gasteiger partial charge on any atom is 0.397 e. The molecule has 0 amide bonds. The zero-order valence-electron chi connectivity index (χ0n) is 12.4. The van der Waals surface area contributed by atoms with E-state index in [-0.39, 0.29) is 23.0 Å². The second-order valence-corrected chi connectivity index (χ2v) is 4.38. The largest absolute Gasteiger partial charge is 0.504 e. The number of phenolic OH excluding ortho intramolecular Hbond substituents is 4. The second-order valence-electron chi connectivity index (χ2n) is 4.38. The molecule has 0 heterocycles. The van der Waals surface area contributed by atoms with Gasteiger partial charge in [-0.2, -0.15) is 26.3 Å². The topological polar surface area (TPSA) is 80.9 Å². The summed E-state index contributed by atoms with van der Waals surface area (Å²) in [6.45, 7) is 0. The van der Waals surface area contributed by atoms with E-state index in [9.17, 15) is 26.3 Å². The Morgan fingerprint density at radius 1 is 0.520 bits per heavy atom. The fourth-order valence-electron chi connectivity index (χ4n) is 1.16. The minimum Gasteiger partial charge on any atom is -0.504 e. The average molecular weight is 372 g/mol. The molecule has 0 aliphatic heterocycles. The molecule has 0 radical (unpaired) electrons. The van der Waals surface area contributed by atoms with Gasteiger partial charge in [0.15, 0.2) is 23.0 Å². The van der Waals surface area contributed by atoms with Gasteiger partial charge in [0, 0.05) is 0 Å². The Morgan fingerprint density at radius 3 is 0.800 bits per heavy atom. The zero-order chi connectivity index (χ0) is 19.7. The Bertz CT molecular complexity index is 543. The van der Waals surface area contributed by atoms with Gasteiger partial charge < -0.3 is 20.4 Å². The van der Waals surface area contributed by atoms with E-state index in [0.29, 0.717) is 0 Å². The number of aromatic hydroxyl groups is 4. The number of alkyl halides is 6. The van der Waals surface area contributed by atoms with Gasteiger partial charge in [-0.05, 0) is 24.3 Å². The second kappa shape index (κ2) is 9.50. The SMILES string of the molecule is FC(F)(F)CC(F)(F)F.Oc1ccccc1O.Oc1ccccc1O. The summed E-state index contributed by atoms with van der Waals surface area (Å²) in [5, 5.41) is 34.7. The Labute approximate surface area is 138 Å². The number of halogens is 6. The minimum absolute atomic E-state index is 0.0764. The molecular weight excluding hydrogens is 358 g/mol. The third-order valence-corrected chi connectivity index (χ3v) is 2.16. The lowest BCUT2D eigenvalue weighted by molar-refractivity contribution is -0.232. The summed E-state index contributed by atoms with van der Waals surface area (Å²) in [7, 11) is 0. The first-order chi connectivity index (χ1) is 11.3. The predicted octanol–water partition coefficient (Wildman–Crippen LogP) is 4.70. The van der Waals surface area contributed by atoms with Crippen molar-refractivity contribution in [3.63, 3.8) is 0 Å². The monoisotopic (exact) mass is 372 g/mol. The van der Waals surface area contributed by atoms with E-state index in [0.717, 1.165) is 0 Å². The average Bonchev–Trinajstić information content (AvgIpc) is 2.43. The summed E-state index contributed by atoms with van der Waals surface area (Å²) in [5.41, 5.74) is 0. The third kappa shape index (κ3) is 12.3. The van der Waals surface area contributed by atoms with Crippen molar-refractivity contribution in [2.45, 2.75) is 18.8 Å². The van der Waals surface area contributed by atoms with Crippen LogP contribution in [-0.4, -0.2) is 32.8 Å². The molecule has 2 aromatic rings. The van der Waals surface area contributed by atoms with E-state index in [1.165, 1.54) is 24.3 Å². The molecule has 2 aromatic carbocycles. The predicted molar refractivity (Wildman–Crippen MR) is 76.3 cm³/mol. The van der Waals surface area contributed by atoms with Gasteiger partial charge >= 0.3 is 12.4 Å². The fraction of sp³-hybridized carbons (Fsp3) is 0.200. The lowest BCUT2D eigenvalue weighted by Crippen LogP contribution is -2.20. The van der Waals surface area contributed by atoms with Gasteiger partial charge in [0.2, 0.25) is 0 Å². The highest BCUT2D eigenvalue weighted by atomic mass is 19.4. The molecule has 0 spiro atoms. The molecule has 0 aliphatic rings. The van der Waals surface area contributed by atoms with Gasteiger partial charge in [0.1, 0.15) is 6.42 Å². The van der Waals surface area contributed by atoms with Crippen LogP contribution in [0.15, 0.2) is 48.5 Å². The molecule has 0 saturated carbocycles. The molecule has 0 aliphatic carbocycles. The van der Waals surface area contributed by atoms with E-state index < -0.39 is 18.8 Å². The van der Waals surface area contributed by atoms with Crippen LogP contribution >= 0.6 is 0 Å². The van der Waals surface area contributed by atoms with Crippen LogP contribution in [-0.2, 0) is 0 Å². The van der Waals surface area contributed by atoms with Crippen LogP contribution < -0.4 is 0 Å². The standard InChI is InChI=1S/2C6H6O2.C3H2F6/c2*7-5-3-1-2-4-6(5)8;4-2(5,6)1-3(7,8)9/h2*1-4,7-8H;1H2. The minimum atomic E-state index is -5.14. The first-order valence-electron chi connectivity index (χ1n) is 6.39. The summed E-state index contributed by atoms with van der Waals surface area (Å²) < 4.78 is 65.0. The molecule has 4 N–H and O–H groups in total. The molecule has 10 heteroatoms. The van der Waals surface area contributed by atoms with Gasteiger partial charge in [0.05, 0.1) is 0 Å². The maximum absolute atomic E-state index is 10.8. The van der Waals surface area contributed by atoms with E-state index in [1.807, 2.05) is 0 Å². The van der Waals surface area contributed by atoms with Gasteiger partial charge in [0.25, 0.3) is 0 Å². The van der Waals surface area contributed by atoms with E-state index in [1.54, 1.807) is 24.3 Å². The van der Waals surface area contributed by atoms with Crippen LogP contribution in [0.25, 0.3) is 0 Å². The normalized spacial score (nSPS) is 10.8. The maximum atomic E-state index is 10.8. The summed E-state index contributed by atoms with van der Waals surface area (Å²) in [4.78, 5) is 0. The highest BCUT2D eigenvalue weighted by molar-refractivity contribution is 5.36. The molecule has 0 bridgehead atoms. The number of rotatable bonds is 0. The van der Waals surface area contributed by atoms with Crippen LogP contribution in [0.5, 0.6) is 23.0 Å². The number of benzene rings is 2. The molecule has 0 aromatic heterocycles. The summed E-state index contributed by atoms with van der Waals surface area (Å²) in [6, 6.07) is 12.3. The highest BCUT2D eigenvalue weighted by Crippen LogP contribution is 2.31. The highest BCUT2D eigenvalue weighted by Gasteiger charge is 2.43. The molecular formula is C15H14F6O4. The first kappa shape index (κ1) is 22.2. The van der Waals surface area contributed by atoms with Crippen molar-refractivity contribution in [3.05, 3.63) is 48.5 Å². The number of para-hydroxylation sites is 4. The Hall–Kier alpha value is -2.78. The zero-order valence-corrected chi connectivity index (χ0v) is 12.4. The molecule has 2 rings (SSSR count). The van der Waals surface area contributed by atoms with Crippen LogP contribution in [0.3, 0.4) is 0 Å². The molecule has 0 atom stereocenters. The molecule has 25 heavy (non-hydrogen) atoms. The van der Waals surface area contributed by atoms with Gasteiger partial charge in [-0.15, -0.1) is 0 Å². The van der Waals surface area contributed by atoms with Crippen molar-refractivity contribution < 1.29 is 46.8 Å². The summed E-state index contributed by atoms with van der Waals surface area (Å²) in [5.74, 6) is -0.306. The van der Waals surface area contributed by atoms with Crippen LogP contribution in [0.4, 0.5) is 26.3 Å². The van der Waals surface area contributed by atoms with Crippen molar-refractivity contribution >= 4 is 0 Å². The van der Waals surface area contributed by atoms with Crippen molar-refractivity contribution in [1.82, 2.24) is 0 Å². The Kier molecular flexibility index (Phi) is 8.44. The summed E-state index contributed by atoms with van der Waals surface area (Å²) in [6.07, 6.45) is -13.0. The van der Waals surface area contributed by atoms with Gasteiger partial charge in [-0.25, -0.2) is 0 Å². The molecule has 0 fully saturated rings. The fourth-order valence-corrected chi connectivity index (χ4v) is 1.16. The van der Waals surface area contributed by atoms with Crippen LogP contribution in [0, 0.1) is 0 Å². The lowest BCUT2D eigenvalue weighted by atomic mass is 10.3. The van der Waals surface area contributed by atoms with Gasteiger partial charge in [-0.3, -0.25) is 0 Å². The molecule has 140 valence electrons. The smallest absolute Gasteiger partial charge is 0.397 e. The number of phenols is 4. The quantitative estimate of drug-likeness (QED) is 0.399. The van der Waals surface area contributed by atoms with Crippen molar-refractivity contribution in [2.24, 2.45) is 0 Å².